The van der Waals surface area contributed by atoms with Gasteiger partial charge in [-0.25, -0.2) is 9.97 Å². The number of carbonyl (C=O) groups excluding carboxylic acids is 1. The van der Waals surface area contributed by atoms with Crippen molar-refractivity contribution >= 4 is 34.2 Å². The van der Waals surface area contributed by atoms with Crippen LogP contribution in [-0.2, 0) is 4.79 Å². The summed E-state index contributed by atoms with van der Waals surface area (Å²) in [5.41, 5.74) is 1.69. The van der Waals surface area contributed by atoms with Crippen molar-refractivity contribution in [1.29, 1.82) is 0 Å². The van der Waals surface area contributed by atoms with Crippen LogP contribution in [0.15, 0.2) is 48.5 Å². The van der Waals surface area contributed by atoms with Gasteiger partial charge in [0.15, 0.2) is 5.82 Å². The molecule has 1 amide bonds. The zero-order chi connectivity index (χ0) is 19.2. The summed E-state index contributed by atoms with van der Waals surface area (Å²) < 4.78 is 0. The van der Waals surface area contributed by atoms with E-state index in [0.717, 1.165) is 16.5 Å². The normalized spacial score (nSPS) is 11.0. The molecule has 0 aliphatic heterocycles. The van der Waals surface area contributed by atoms with Crippen LogP contribution in [0.2, 0.25) is 5.02 Å². The van der Waals surface area contributed by atoms with Crippen molar-refractivity contribution in [3.63, 3.8) is 0 Å². The molecule has 0 fully saturated rings. The second kappa shape index (κ2) is 8.82. The van der Waals surface area contributed by atoms with E-state index in [-0.39, 0.29) is 5.91 Å². The molecule has 2 aromatic carbocycles. The minimum atomic E-state index is 0.0286. The van der Waals surface area contributed by atoms with Gasteiger partial charge in [0.05, 0.1) is 5.52 Å². The fourth-order valence-corrected chi connectivity index (χ4v) is 2.82. The van der Waals surface area contributed by atoms with Crippen molar-refractivity contribution in [2.75, 3.05) is 18.4 Å². The van der Waals surface area contributed by atoms with E-state index in [9.17, 15) is 4.79 Å². The highest BCUT2D eigenvalue weighted by Crippen LogP contribution is 2.27. The molecule has 0 aliphatic carbocycles. The number of benzene rings is 2. The molecule has 140 valence electrons. The lowest BCUT2D eigenvalue weighted by atomic mass is 10.2. The number of rotatable bonds is 7. The SMILES string of the molecule is CC(C)CNC(=O)CCNc1nc(-c2ccccc2)nc2cc(Cl)ccc12. The van der Waals surface area contributed by atoms with Gasteiger partial charge in [-0.15, -0.1) is 0 Å². The molecule has 3 aromatic rings. The van der Waals surface area contributed by atoms with E-state index in [2.05, 4.69) is 34.4 Å². The van der Waals surface area contributed by atoms with Crippen LogP contribution in [0, 0.1) is 5.92 Å². The summed E-state index contributed by atoms with van der Waals surface area (Å²) in [7, 11) is 0. The first-order valence-corrected chi connectivity index (χ1v) is 9.44. The Kier molecular flexibility index (Phi) is 6.24. The molecular weight excluding hydrogens is 360 g/mol. The van der Waals surface area contributed by atoms with Crippen LogP contribution in [0.5, 0.6) is 0 Å². The Morgan fingerprint density at radius 2 is 1.89 bits per heavy atom. The monoisotopic (exact) mass is 382 g/mol. The van der Waals surface area contributed by atoms with Gasteiger partial charge in [-0.1, -0.05) is 55.8 Å². The van der Waals surface area contributed by atoms with Crippen LogP contribution in [0.25, 0.3) is 22.3 Å². The maximum atomic E-state index is 11.9. The molecule has 0 bridgehead atoms. The predicted octanol–water partition coefficient (Wildman–Crippen LogP) is 4.52. The number of amides is 1. The molecule has 0 aliphatic rings. The van der Waals surface area contributed by atoms with Crippen molar-refractivity contribution in [2.24, 2.45) is 5.92 Å². The van der Waals surface area contributed by atoms with Gasteiger partial charge in [-0.3, -0.25) is 4.79 Å². The second-order valence-corrected chi connectivity index (χ2v) is 7.23. The van der Waals surface area contributed by atoms with Crippen molar-refractivity contribution < 1.29 is 4.79 Å². The van der Waals surface area contributed by atoms with Crippen molar-refractivity contribution in [3.05, 3.63) is 53.6 Å². The number of fused-ring (bicyclic) bond motifs is 1. The van der Waals surface area contributed by atoms with E-state index >= 15 is 0 Å². The highest BCUT2D eigenvalue weighted by Gasteiger charge is 2.10. The summed E-state index contributed by atoms with van der Waals surface area (Å²) >= 11 is 6.14. The summed E-state index contributed by atoms with van der Waals surface area (Å²) in [5, 5.41) is 7.70. The largest absolute Gasteiger partial charge is 0.369 e. The third kappa shape index (κ3) is 5.17. The van der Waals surface area contributed by atoms with Crippen LogP contribution >= 0.6 is 11.6 Å². The molecular formula is C21H23ClN4O. The lowest BCUT2D eigenvalue weighted by Gasteiger charge is -2.12. The Labute approximate surface area is 164 Å². The summed E-state index contributed by atoms with van der Waals surface area (Å²) in [6, 6.07) is 15.3. The Balaban J connectivity index is 1.82. The van der Waals surface area contributed by atoms with Gasteiger partial charge >= 0.3 is 0 Å². The third-order valence-corrected chi connectivity index (χ3v) is 4.28. The topological polar surface area (TPSA) is 66.9 Å². The fourth-order valence-electron chi connectivity index (χ4n) is 2.65. The number of anilines is 1. The van der Waals surface area contributed by atoms with E-state index in [0.29, 0.717) is 42.1 Å². The van der Waals surface area contributed by atoms with E-state index in [1.807, 2.05) is 48.5 Å². The Morgan fingerprint density at radius 3 is 2.63 bits per heavy atom. The first-order chi connectivity index (χ1) is 13.0. The average molecular weight is 383 g/mol. The first kappa shape index (κ1) is 19.1. The van der Waals surface area contributed by atoms with Gasteiger partial charge < -0.3 is 10.6 Å². The van der Waals surface area contributed by atoms with Gasteiger partial charge in [0.25, 0.3) is 0 Å². The van der Waals surface area contributed by atoms with Crippen LogP contribution < -0.4 is 10.6 Å². The lowest BCUT2D eigenvalue weighted by molar-refractivity contribution is -0.120. The van der Waals surface area contributed by atoms with E-state index < -0.39 is 0 Å². The smallest absolute Gasteiger partial charge is 0.221 e. The summed E-state index contributed by atoms with van der Waals surface area (Å²) in [6.45, 7) is 5.32. The molecule has 0 spiro atoms. The van der Waals surface area contributed by atoms with Gasteiger partial charge in [0.1, 0.15) is 5.82 Å². The molecule has 0 saturated carbocycles. The number of nitrogens with zero attached hydrogens (tertiary/aromatic N) is 2. The van der Waals surface area contributed by atoms with Gasteiger partial charge in [-0.05, 0) is 24.1 Å². The van der Waals surface area contributed by atoms with E-state index in [4.69, 9.17) is 11.6 Å². The maximum absolute atomic E-state index is 11.9. The van der Waals surface area contributed by atoms with Crippen molar-refractivity contribution in [3.8, 4) is 11.4 Å². The van der Waals surface area contributed by atoms with Gasteiger partial charge in [0.2, 0.25) is 5.91 Å². The Hall–Kier alpha value is -2.66. The number of nitrogens with one attached hydrogen (secondary N) is 2. The molecule has 0 unspecified atom stereocenters. The molecule has 6 heteroatoms. The highest BCUT2D eigenvalue weighted by molar-refractivity contribution is 6.31. The highest BCUT2D eigenvalue weighted by atomic mass is 35.5. The van der Waals surface area contributed by atoms with Gasteiger partial charge in [-0.2, -0.15) is 0 Å². The Morgan fingerprint density at radius 1 is 1.11 bits per heavy atom. The zero-order valence-electron chi connectivity index (χ0n) is 15.5. The average Bonchev–Trinajstić information content (AvgIpc) is 2.66. The second-order valence-electron chi connectivity index (χ2n) is 6.80. The lowest BCUT2D eigenvalue weighted by Crippen LogP contribution is -2.28. The van der Waals surface area contributed by atoms with Gasteiger partial charge in [0, 0.05) is 35.5 Å². The molecule has 1 aromatic heterocycles. The maximum Gasteiger partial charge on any atom is 0.221 e. The predicted molar refractivity (Wildman–Crippen MR) is 111 cm³/mol. The molecule has 5 nitrogen and oxygen atoms in total. The molecule has 0 atom stereocenters. The minimum Gasteiger partial charge on any atom is -0.369 e. The molecule has 3 rings (SSSR count). The van der Waals surface area contributed by atoms with Crippen molar-refractivity contribution in [1.82, 2.24) is 15.3 Å². The Bertz CT molecular complexity index is 928. The summed E-state index contributed by atoms with van der Waals surface area (Å²) in [4.78, 5) is 21.3. The fraction of sp³-hybridized carbons (Fsp3) is 0.286. The number of hydrogen-bond donors (Lipinski definition) is 2. The third-order valence-electron chi connectivity index (χ3n) is 4.04. The van der Waals surface area contributed by atoms with Crippen LogP contribution in [0.4, 0.5) is 5.82 Å². The molecule has 0 saturated heterocycles. The summed E-state index contributed by atoms with van der Waals surface area (Å²) in [5.74, 6) is 1.79. The molecule has 27 heavy (non-hydrogen) atoms. The van der Waals surface area contributed by atoms with Crippen LogP contribution in [0.3, 0.4) is 0 Å². The van der Waals surface area contributed by atoms with E-state index in [1.54, 1.807) is 0 Å². The number of aromatic nitrogens is 2. The quantitative estimate of drug-likeness (QED) is 0.630. The van der Waals surface area contributed by atoms with E-state index in [1.165, 1.54) is 0 Å². The molecule has 1 heterocycles. The summed E-state index contributed by atoms with van der Waals surface area (Å²) in [6.07, 6.45) is 0.381. The van der Waals surface area contributed by atoms with Crippen molar-refractivity contribution in [2.45, 2.75) is 20.3 Å². The standard InChI is InChI=1S/C21H23ClN4O/c1-14(2)13-24-19(27)10-11-23-21-17-9-8-16(22)12-18(17)25-20(26-21)15-6-4-3-5-7-15/h3-9,12,14H,10-11,13H2,1-2H3,(H,24,27)(H,23,25,26). The minimum absolute atomic E-state index is 0.0286. The number of halogens is 1. The van der Waals surface area contributed by atoms with Crippen LogP contribution in [0.1, 0.15) is 20.3 Å². The number of carbonyl (C=O) groups is 1. The number of hydrogen-bond acceptors (Lipinski definition) is 4. The zero-order valence-corrected chi connectivity index (χ0v) is 16.3. The van der Waals surface area contributed by atoms with Crippen LogP contribution in [-0.4, -0.2) is 29.0 Å². The first-order valence-electron chi connectivity index (χ1n) is 9.06. The molecule has 2 N–H and O–H groups in total. The molecule has 0 radical (unpaired) electrons.